The SMILES string of the molecule is [N-]=[N+]=NCCOP(=O)(O)OP(=O)(O)OP(=O)(O)OC[C@H]1O[C@@H](n2cnc3c(N)ncnc32)[C@H](O)[C@@H]1O. The van der Waals surface area contributed by atoms with Gasteiger partial charge in [0.25, 0.3) is 0 Å². The molecule has 0 bridgehead atoms. The molecule has 1 saturated heterocycles. The van der Waals surface area contributed by atoms with Crippen LogP contribution in [0.3, 0.4) is 0 Å². The lowest BCUT2D eigenvalue weighted by atomic mass is 10.1. The van der Waals surface area contributed by atoms with Crippen LogP contribution in [-0.4, -0.2) is 82.5 Å². The third-order valence-corrected chi connectivity index (χ3v) is 8.61. The van der Waals surface area contributed by atoms with Gasteiger partial charge < -0.3 is 35.4 Å². The molecule has 1 fully saturated rings. The first-order chi connectivity index (χ1) is 16.8. The number of phosphoric ester groups is 2. The second-order valence-corrected chi connectivity index (χ2v) is 11.4. The highest BCUT2D eigenvalue weighted by Crippen LogP contribution is 2.67. The maximum atomic E-state index is 12.1. The standard InChI is InChI=1S/C12H19N8O13P3/c13-10-7-11(16-4-15-10)20(5-17-7)12-9(22)8(21)6(31-12)3-30-35(25,26)33-36(27,28)32-34(23,24)29-2-1-18-19-14/h4-6,8-9,12,21-22H,1-3H2,(H,23,24)(H,25,26)(H,27,28)(H2,13,15,16)/t6-,8-,9-,12-/m1/s1. The van der Waals surface area contributed by atoms with Crippen LogP contribution in [0, 0.1) is 0 Å². The van der Waals surface area contributed by atoms with Gasteiger partial charge >= 0.3 is 23.5 Å². The molecule has 0 amide bonds. The molecule has 0 radical (unpaired) electrons. The fraction of sp³-hybridized carbons (Fsp3) is 0.583. The van der Waals surface area contributed by atoms with Crippen LogP contribution in [0.4, 0.5) is 5.82 Å². The van der Waals surface area contributed by atoms with Crippen LogP contribution in [0.1, 0.15) is 6.23 Å². The van der Waals surface area contributed by atoms with E-state index in [0.29, 0.717) is 0 Å². The Labute approximate surface area is 199 Å². The molecule has 2 aromatic heterocycles. The summed E-state index contributed by atoms with van der Waals surface area (Å²) in [5, 5.41) is 23.6. The number of anilines is 1. The van der Waals surface area contributed by atoms with E-state index >= 15 is 0 Å². The summed E-state index contributed by atoms with van der Waals surface area (Å²) in [6.07, 6.45) is -3.76. The van der Waals surface area contributed by atoms with Crippen molar-refractivity contribution in [3.63, 3.8) is 0 Å². The first kappa shape index (κ1) is 28.5. The van der Waals surface area contributed by atoms with E-state index in [4.69, 9.17) is 16.0 Å². The quantitative estimate of drug-likeness (QED) is 0.0621. The summed E-state index contributed by atoms with van der Waals surface area (Å²) in [5.74, 6) is 0.0363. The van der Waals surface area contributed by atoms with Crippen molar-refractivity contribution in [1.82, 2.24) is 19.5 Å². The van der Waals surface area contributed by atoms with Gasteiger partial charge in [-0.2, -0.15) is 8.62 Å². The highest BCUT2D eigenvalue weighted by Gasteiger charge is 2.47. The van der Waals surface area contributed by atoms with E-state index in [9.17, 15) is 38.6 Å². The Balaban J connectivity index is 1.61. The molecule has 1 aliphatic rings. The van der Waals surface area contributed by atoms with Gasteiger partial charge in [0.15, 0.2) is 17.7 Å². The summed E-state index contributed by atoms with van der Waals surface area (Å²) in [7, 11) is -16.5. The first-order valence-corrected chi connectivity index (χ1v) is 13.9. The van der Waals surface area contributed by atoms with Crippen LogP contribution in [0.2, 0.25) is 0 Å². The lowest BCUT2D eigenvalue weighted by molar-refractivity contribution is -0.0503. The molecule has 2 aromatic rings. The van der Waals surface area contributed by atoms with E-state index in [0.717, 1.165) is 6.33 Å². The number of azide groups is 1. The third kappa shape index (κ3) is 7.04. The summed E-state index contributed by atoms with van der Waals surface area (Å²) < 4.78 is 58.7. The molecule has 1 aliphatic heterocycles. The molecule has 0 spiro atoms. The summed E-state index contributed by atoms with van der Waals surface area (Å²) >= 11 is 0. The Hall–Kier alpha value is -2.05. The van der Waals surface area contributed by atoms with Crippen molar-refractivity contribution in [2.75, 3.05) is 25.5 Å². The van der Waals surface area contributed by atoms with Crippen molar-refractivity contribution in [3.05, 3.63) is 23.1 Å². The number of aliphatic hydroxyl groups excluding tert-OH is 2. The first-order valence-electron chi connectivity index (χ1n) is 9.41. The van der Waals surface area contributed by atoms with E-state index in [-0.39, 0.29) is 17.0 Å². The summed E-state index contributed by atoms with van der Waals surface area (Å²) in [4.78, 5) is 42.7. The van der Waals surface area contributed by atoms with Crippen molar-refractivity contribution in [2.45, 2.75) is 24.5 Å². The number of nitrogens with zero attached hydrogens (tertiary/aromatic N) is 7. The zero-order chi connectivity index (χ0) is 26.7. The molecule has 3 unspecified atom stereocenters. The number of ether oxygens (including phenoxy) is 1. The molecule has 7 N–H and O–H groups in total. The van der Waals surface area contributed by atoms with Gasteiger partial charge in [0, 0.05) is 11.5 Å². The van der Waals surface area contributed by atoms with E-state index < -0.39 is 67.8 Å². The normalized spacial score (nSPS) is 27.1. The predicted octanol–water partition coefficient (Wildman–Crippen LogP) is -0.294. The molecule has 0 saturated carbocycles. The molecule has 0 aromatic carbocycles. The predicted molar refractivity (Wildman–Crippen MR) is 113 cm³/mol. The fourth-order valence-electron chi connectivity index (χ4n) is 2.89. The molecule has 7 atom stereocenters. The molecule has 21 nitrogen and oxygen atoms in total. The molecule has 24 heteroatoms. The van der Waals surface area contributed by atoms with Gasteiger partial charge in [-0.15, -0.1) is 0 Å². The molecule has 3 heterocycles. The number of nitrogens with two attached hydrogens (primary N) is 1. The van der Waals surface area contributed by atoms with Gasteiger partial charge in [-0.1, -0.05) is 5.11 Å². The monoisotopic (exact) mass is 576 g/mol. The van der Waals surface area contributed by atoms with Crippen LogP contribution >= 0.6 is 23.5 Å². The zero-order valence-electron chi connectivity index (χ0n) is 17.6. The van der Waals surface area contributed by atoms with Gasteiger partial charge in [0.05, 0.1) is 19.5 Å². The third-order valence-electron chi connectivity index (χ3n) is 4.32. The maximum Gasteiger partial charge on any atom is 0.490 e. The van der Waals surface area contributed by atoms with Crippen molar-refractivity contribution < 1.29 is 61.0 Å². The second kappa shape index (κ2) is 11.1. The molecular formula is C12H19N8O13P3. The summed E-state index contributed by atoms with van der Waals surface area (Å²) in [6.45, 7) is -2.10. The van der Waals surface area contributed by atoms with Crippen LogP contribution in [-0.2, 0) is 36.1 Å². The highest BCUT2D eigenvalue weighted by molar-refractivity contribution is 7.66. The lowest BCUT2D eigenvalue weighted by Crippen LogP contribution is -2.33. The van der Waals surface area contributed by atoms with Gasteiger partial charge in [-0.25, -0.2) is 28.6 Å². The smallest absolute Gasteiger partial charge is 0.387 e. The average Bonchev–Trinajstić information content (AvgIpc) is 3.31. The fourth-order valence-corrected chi connectivity index (χ4v) is 6.38. The number of rotatable bonds is 12. The number of nitrogen functional groups attached to an aromatic ring is 1. The van der Waals surface area contributed by atoms with Crippen molar-refractivity contribution in [1.29, 1.82) is 0 Å². The van der Waals surface area contributed by atoms with Crippen LogP contribution < -0.4 is 5.73 Å². The summed E-state index contributed by atoms with van der Waals surface area (Å²) in [5.41, 5.74) is 14.1. The molecular weight excluding hydrogens is 557 g/mol. The molecule has 200 valence electrons. The number of imidazole rings is 1. The Morgan fingerprint density at radius 3 is 2.42 bits per heavy atom. The second-order valence-electron chi connectivity index (χ2n) is 6.78. The highest BCUT2D eigenvalue weighted by atomic mass is 31.3. The molecule has 3 rings (SSSR count). The minimum absolute atomic E-state index is 0.0363. The number of aliphatic hydroxyl groups is 2. The molecule has 0 aliphatic carbocycles. The number of aromatic nitrogens is 4. The van der Waals surface area contributed by atoms with Gasteiger partial charge in [-0.05, 0) is 5.53 Å². The minimum Gasteiger partial charge on any atom is -0.387 e. The topological polar surface area (TPSA) is 317 Å². The Morgan fingerprint density at radius 1 is 1.08 bits per heavy atom. The largest absolute Gasteiger partial charge is 0.490 e. The van der Waals surface area contributed by atoms with Crippen LogP contribution in [0.5, 0.6) is 0 Å². The van der Waals surface area contributed by atoms with Gasteiger partial charge in [0.1, 0.15) is 30.2 Å². The molecule has 36 heavy (non-hydrogen) atoms. The van der Waals surface area contributed by atoms with E-state index in [1.54, 1.807) is 0 Å². The van der Waals surface area contributed by atoms with Crippen molar-refractivity contribution >= 4 is 40.4 Å². The van der Waals surface area contributed by atoms with E-state index in [2.05, 4.69) is 42.6 Å². The van der Waals surface area contributed by atoms with E-state index in [1.807, 2.05) is 0 Å². The zero-order valence-corrected chi connectivity index (χ0v) is 20.3. The number of fused-ring (bicyclic) bond motifs is 1. The number of hydrogen-bond donors (Lipinski definition) is 6. The Kier molecular flexibility index (Phi) is 8.82. The van der Waals surface area contributed by atoms with Gasteiger partial charge in [0.2, 0.25) is 0 Å². The van der Waals surface area contributed by atoms with Crippen LogP contribution in [0.25, 0.3) is 21.6 Å². The number of hydrogen-bond acceptors (Lipinski definition) is 15. The average molecular weight is 576 g/mol. The Bertz CT molecular complexity index is 1290. The van der Waals surface area contributed by atoms with Crippen LogP contribution in [0.15, 0.2) is 17.8 Å². The Morgan fingerprint density at radius 2 is 1.75 bits per heavy atom. The van der Waals surface area contributed by atoms with Crippen molar-refractivity contribution in [2.24, 2.45) is 5.11 Å². The number of phosphoric acid groups is 3. The minimum atomic E-state index is -5.73. The van der Waals surface area contributed by atoms with E-state index in [1.165, 1.54) is 10.9 Å². The van der Waals surface area contributed by atoms with Gasteiger partial charge in [-0.3, -0.25) is 13.6 Å². The summed E-state index contributed by atoms with van der Waals surface area (Å²) in [6, 6.07) is 0. The lowest BCUT2D eigenvalue weighted by Gasteiger charge is -2.20. The van der Waals surface area contributed by atoms with Crippen molar-refractivity contribution in [3.8, 4) is 0 Å². The maximum absolute atomic E-state index is 12.1.